The lowest BCUT2D eigenvalue weighted by atomic mass is 9.71. The molecule has 0 saturated carbocycles. The van der Waals surface area contributed by atoms with E-state index in [0.29, 0.717) is 0 Å². The first-order valence-electron chi connectivity index (χ1n) is 9.29. The van der Waals surface area contributed by atoms with Gasteiger partial charge in [-0.05, 0) is 56.4 Å². The second kappa shape index (κ2) is 5.88. The zero-order valence-electron chi connectivity index (χ0n) is 16.7. The summed E-state index contributed by atoms with van der Waals surface area (Å²) in [5.41, 5.74) is 3.13. The van der Waals surface area contributed by atoms with Gasteiger partial charge in [-0.15, -0.1) is 0 Å². The molecular formula is C22H24BNO2S. The average Bonchev–Trinajstić information content (AvgIpc) is 2.81. The van der Waals surface area contributed by atoms with E-state index in [0.717, 1.165) is 21.5 Å². The van der Waals surface area contributed by atoms with Crippen LogP contribution in [0.3, 0.4) is 0 Å². The number of rotatable bonds is 1. The molecule has 2 heterocycles. The maximum absolute atomic E-state index is 9.62. The summed E-state index contributed by atoms with van der Waals surface area (Å²) >= 11 is 1.72. The van der Waals surface area contributed by atoms with E-state index < -0.39 is 7.12 Å². The Bertz CT molecular complexity index is 959. The van der Waals surface area contributed by atoms with Crippen LogP contribution >= 0.6 is 11.8 Å². The maximum atomic E-state index is 9.62. The van der Waals surface area contributed by atoms with Crippen molar-refractivity contribution in [2.24, 2.45) is 0 Å². The first-order chi connectivity index (χ1) is 12.6. The summed E-state index contributed by atoms with van der Waals surface area (Å²) in [5, 5.41) is 9.62. The Balaban J connectivity index is 1.86. The van der Waals surface area contributed by atoms with Crippen LogP contribution in [0.25, 0.3) is 0 Å². The molecule has 1 saturated heterocycles. The molecular weight excluding hydrogens is 353 g/mol. The van der Waals surface area contributed by atoms with E-state index in [9.17, 15) is 5.26 Å². The van der Waals surface area contributed by atoms with Gasteiger partial charge < -0.3 is 9.31 Å². The van der Waals surface area contributed by atoms with Crippen LogP contribution in [0.1, 0.15) is 58.2 Å². The fraction of sp³-hybridized carbons (Fsp3) is 0.409. The summed E-state index contributed by atoms with van der Waals surface area (Å²) in [6, 6.07) is 14.7. The topological polar surface area (TPSA) is 42.2 Å². The van der Waals surface area contributed by atoms with E-state index in [1.807, 2.05) is 12.1 Å². The van der Waals surface area contributed by atoms with Gasteiger partial charge in [0.15, 0.2) is 0 Å². The quantitative estimate of drug-likeness (QED) is 0.679. The lowest BCUT2D eigenvalue weighted by Gasteiger charge is -2.36. The molecule has 0 aliphatic carbocycles. The van der Waals surface area contributed by atoms with Crippen molar-refractivity contribution in [3.05, 3.63) is 53.1 Å². The molecule has 138 valence electrons. The van der Waals surface area contributed by atoms with Gasteiger partial charge in [-0.25, -0.2) is 0 Å². The molecule has 2 aromatic rings. The highest BCUT2D eigenvalue weighted by Crippen LogP contribution is 2.50. The predicted octanol–water partition coefficient (Wildman–Crippen LogP) is 4.65. The SMILES string of the molecule is CC1(C)c2cccc(B3OC(C)(C)C(C)(C)O3)c2Sc2cccc(C#N)c21. The van der Waals surface area contributed by atoms with Gasteiger partial charge in [0, 0.05) is 15.2 Å². The summed E-state index contributed by atoms with van der Waals surface area (Å²) in [7, 11) is -0.394. The second-order valence-corrected chi connectivity index (χ2v) is 9.88. The van der Waals surface area contributed by atoms with Crippen LogP contribution in [0, 0.1) is 11.3 Å². The Hall–Kier alpha value is -1.74. The number of hydrogen-bond donors (Lipinski definition) is 0. The van der Waals surface area contributed by atoms with E-state index in [-0.39, 0.29) is 16.6 Å². The van der Waals surface area contributed by atoms with Crippen molar-refractivity contribution < 1.29 is 9.31 Å². The van der Waals surface area contributed by atoms with Crippen LogP contribution in [0.15, 0.2) is 46.2 Å². The fourth-order valence-corrected chi connectivity index (χ4v) is 5.46. The van der Waals surface area contributed by atoms with E-state index >= 15 is 0 Å². The van der Waals surface area contributed by atoms with Gasteiger partial charge in [-0.3, -0.25) is 0 Å². The van der Waals surface area contributed by atoms with Gasteiger partial charge in [0.1, 0.15) is 0 Å². The molecule has 0 aromatic heterocycles. The number of benzene rings is 2. The Kier molecular flexibility index (Phi) is 4.05. The molecule has 0 radical (unpaired) electrons. The molecule has 0 N–H and O–H groups in total. The molecule has 0 spiro atoms. The normalized spacial score (nSPS) is 21.3. The Morgan fingerprint density at radius 1 is 0.926 bits per heavy atom. The predicted molar refractivity (Wildman–Crippen MR) is 110 cm³/mol. The second-order valence-electron chi connectivity index (χ2n) is 8.83. The third-order valence-corrected chi connectivity index (χ3v) is 7.43. The molecule has 0 atom stereocenters. The van der Waals surface area contributed by atoms with Crippen LogP contribution < -0.4 is 5.46 Å². The maximum Gasteiger partial charge on any atom is 0.496 e. The van der Waals surface area contributed by atoms with Crippen molar-refractivity contribution in [3.8, 4) is 6.07 Å². The minimum Gasteiger partial charge on any atom is -0.399 e. The van der Waals surface area contributed by atoms with Crippen molar-refractivity contribution in [3.63, 3.8) is 0 Å². The van der Waals surface area contributed by atoms with Crippen LogP contribution in [0.5, 0.6) is 0 Å². The lowest BCUT2D eigenvalue weighted by molar-refractivity contribution is 0.00578. The number of fused-ring (bicyclic) bond motifs is 2. The van der Waals surface area contributed by atoms with Crippen molar-refractivity contribution in [1.29, 1.82) is 5.26 Å². The zero-order valence-corrected chi connectivity index (χ0v) is 17.5. The van der Waals surface area contributed by atoms with Crippen molar-refractivity contribution >= 4 is 24.3 Å². The van der Waals surface area contributed by atoms with Crippen molar-refractivity contribution in [1.82, 2.24) is 0 Å². The number of hydrogen-bond acceptors (Lipinski definition) is 4. The fourth-order valence-electron chi connectivity index (χ4n) is 3.92. The lowest BCUT2D eigenvalue weighted by Crippen LogP contribution is -2.41. The Labute approximate surface area is 166 Å². The molecule has 2 aliphatic rings. The minimum atomic E-state index is -0.394. The molecule has 27 heavy (non-hydrogen) atoms. The van der Waals surface area contributed by atoms with Gasteiger partial charge in [0.25, 0.3) is 0 Å². The summed E-state index contributed by atoms with van der Waals surface area (Å²) in [6.45, 7) is 12.7. The van der Waals surface area contributed by atoms with E-state index in [2.05, 4.69) is 71.9 Å². The van der Waals surface area contributed by atoms with Crippen LogP contribution in [0.2, 0.25) is 0 Å². The van der Waals surface area contributed by atoms with Crippen molar-refractivity contribution in [2.75, 3.05) is 0 Å². The minimum absolute atomic E-state index is 0.262. The Morgan fingerprint density at radius 3 is 2.19 bits per heavy atom. The molecule has 3 nitrogen and oxygen atoms in total. The molecule has 2 aliphatic heterocycles. The monoisotopic (exact) mass is 377 g/mol. The molecule has 4 rings (SSSR count). The van der Waals surface area contributed by atoms with Crippen LogP contribution in [0.4, 0.5) is 0 Å². The smallest absolute Gasteiger partial charge is 0.399 e. The van der Waals surface area contributed by atoms with Gasteiger partial charge in [-0.2, -0.15) is 5.26 Å². The van der Waals surface area contributed by atoms with Crippen LogP contribution in [-0.2, 0) is 14.7 Å². The summed E-state index contributed by atoms with van der Waals surface area (Å²) < 4.78 is 12.7. The summed E-state index contributed by atoms with van der Waals surface area (Å²) in [4.78, 5) is 2.32. The highest BCUT2D eigenvalue weighted by atomic mass is 32.2. The Morgan fingerprint density at radius 2 is 1.56 bits per heavy atom. The van der Waals surface area contributed by atoms with Crippen LogP contribution in [-0.4, -0.2) is 18.3 Å². The third kappa shape index (κ3) is 2.66. The molecule has 0 bridgehead atoms. The third-order valence-electron chi connectivity index (χ3n) is 6.21. The standard InChI is InChI=1S/C22H24BNO2S/c1-20(2)15-10-8-11-16(23-25-21(3,4)22(5,6)26-23)19(15)27-17-12-7-9-14(13-24)18(17)20/h7-12H,1-6H3. The zero-order chi connectivity index (χ0) is 19.6. The van der Waals surface area contributed by atoms with Crippen molar-refractivity contribution in [2.45, 2.75) is 68.0 Å². The first-order valence-corrected chi connectivity index (χ1v) is 10.1. The highest BCUT2D eigenvalue weighted by molar-refractivity contribution is 7.99. The summed E-state index contributed by atoms with van der Waals surface area (Å²) in [6.07, 6.45) is 0. The van der Waals surface area contributed by atoms with E-state index in [4.69, 9.17) is 9.31 Å². The van der Waals surface area contributed by atoms with Gasteiger partial charge in [-0.1, -0.05) is 49.9 Å². The highest BCUT2D eigenvalue weighted by Gasteiger charge is 2.53. The van der Waals surface area contributed by atoms with Gasteiger partial charge >= 0.3 is 7.12 Å². The largest absolute Gasteiger partial charge is 0.496 e. The molecule has 1 fully saturated rings. The van der Waals surface area contributed by atoms with Gasteiger partial charge in [0.05, 0.1) is 22.8 Å². The number of nitriles is 1. The van der Waals surface area contributed by atoms with E-state index in [1.165, 1.54) is 10.5 Å². The first kappa shape index (κ1) is 18.6. The average molecular weight is 377 g/mol. The van der Waals surface area contributed by atoms with E-state index in [1.54, 1.807) is 11.8 Å². The number of nitrogens with zero attached hydrogens (tertiary/aromatic N) is 1. The molecule has 2 aromatic carbocycles. The molecule has 5 heteroatoms. The van der Waals surface area contributed by atoms with Gasteiger partial charge in [0.2, 0.25) is 0 Å². The molecule has 0 amide bonds. The molecule has 0 unspecified atom stereocenters. The summed E-state index contributed by atoms with van der Waals surface area (Å²) in [5.74, 6) is 0.